The molecular formula is C21H21N3O8. The molecule has 3 aliphatic rings. The minimum absolute atomic E-state index is 0.0145. The molecule has 5 rings (SSSR count). The fourth-order valence-electron chi connectivity index (χ4n) is 4.62. The number of aromatic hydroxyl groups is 1. The summed E-state index contributed by atoms with van der Waals surface area (Å²) >= 11 is 0. The summed E-state index contributed by atoms with van der Waals surface area (Å²) in [6, 6.07) is 7.25. The number of fused-ring (bicyclic) bond motifs is 4. The number of phenolic OH excluding ortho intramolecular Hbond substituents is 1. The quantitative estimate of drug-likeness (QED) is 0.329. The first-order valence-electron chi connectivity index (χ1n) is 10.00. The zero-order valence-electron chi connectivity index (χ0n) is 16.6. The molecule has 2 aliphatic heterocycles. The molecule has 0 saturated heterocycles. The van der Waals surface area contributed by atoms with Gasteiger partial charge in [0.1, 0.15) is 18.3 Å². The van der Waals surface area contributed by atoms with E-state index in [2.05, 4.69) is 16.0 Å². The number of aliphatic hydroxyl groups is 3. The third-order valence-corrected chi connectivity index (χ3v) is 6.09. The second-order valence-corrected chi connectivity index (χ2v) is 7.91. The first-order valence-corrected chi connectivity index (χ1v) is 10.00. The molecule has 2 aromatic rings. The molecule has 2 heterocycles. The fourth-order valence-corrected chi connectivity index (χ4v) is 4.62. The lowest BCUT2D eigenvalue weighted by Crippen LogP contribution is -2.70. The molecule has 1 fully saturated rings. The number of aliphatic hydroxyl groups excluding tert-OH is 3. The SMILES string of the molecule is O=C(Nc1ccccc1)N[C@H]1[C@H](O)[C@@H](O)[C@@H](O)[C@@H]2NC(=O)c3c(cc4c(c3O)OCO4)[C@@H]12. The number of anilines is 1. The van der Waals surface area contributed by atoms with Crippen LogP contribution in [0.3, 0.4) is 0 Å². The van der Waals surface area contributed by atoms with Crippen LogP contribution >= 0.6 is 0 Å². The van der Waals surface area contributed by atoms with Crippen molar-refractivity contribution in [1.29, 1.82) is 0 Å². The summed E-state index contributed by atoms with van der Waals surface area (Å²) in [5.74, 6) is -1.81. The van der Waals surface area contributed by atoms with Crippen LogP contribution in [-0.2, 0) is 0 Å². The highest BCUT2D eigenvalue weighted by atomic mass is 16.7. The molecule has 3 amide bonds. The third kappa shape index (κ3) is 3.09. The summed E-state index contributed by atoms with van der Waals surface area (Å²) in [6.07, 6.45) is -4.72. The molecule has 7 N–H and O–H groups in total. The monoisotopic (exact) mass is 443 g/mol. The Morgan fingerprint density at radius 1 is 1.06 bits per heavy atom. The molecule has 0 bridgehead atoms. The topological polar surface area (TPSA) is 170 Å². The Hall–Kier alpha value is -3.54. The summed E-state index contributed by atoms with van der Waals surface area (Å²) in [7, 11) is 0. The highest BCUT2D eigenvalue weighted by molar-refractivity contribution is 6.01. The molecule has 0 aromatic heterocycles. The van der Waals surface area contributed by atoms with Crippen molar-refractivity contribution in [2.75, 3.05) is 12.1 Å². The lowest BCUT2D eigenvalue weighted by molar-refractivity contribution is -0.116. The van der Waals surface area contributed by atoms with Crippen molar-refractivity contribution < 1.29 is 39.5 Å². The summed E-state index contributed by atoms with van der Waals surface area (Å²) in [4.78, 5) is 25.4. The van der Waals surface area contributed by atoms with Crippen molar-refractivity contribution >= 4 is 17.6 Å². The van der Waals surface area contributed by atoms with Crippen molar-refractivity contribution in [3.05, 3.63) is 47.5 Å². The van der Waals surface area contributed by atoms with Gasteiger partial charge in [-0.25, -0.2) is 4.79 Å². The van der Waals surface area contributed by atoms with Gasteiger partial charge in [-0.3, -0.25) is 4.79 Å². The van der Waals surface area contributed by atoms with Crippen LogP contribution in [0.1, 0.15) is 21.8 Å². The second-order valence-electron chi connectivity index (χ2n) is 7.91. The molecule has 11 nitrogen and oxygen atoms in total. The number of hydrogen-bond donors (Lipinski definition) is 7. The van der Waals surface area contributed by atoms with E-state index < -0.39 is 54.0 Å². The van der Waals surface area contributed by atoms with Gasteiger partial charge < -0.3 is 45.9 Å². The first-order chi connectivity index (χ1) is 15.4. The number of rotatable bonds is 2. The van der Waals surface area contributed by atoms with Gasteiger partial charge in [-0.15, -0.1) is 0 Å². The standard InChI is InChI=1S/C21H21N3O8/c25-15-12-9(6-10-19(15)32-7-31-10)11-13(23-20(12)29)16(26)18(28)17(27)14(11)24-21(30)22-8-4-2-1-3-5-8/h1-6,11,13-14,16-18,25-28H,7H2,(H,23,29)(H2,22,24,30)/t11-,13-,14-,16+,17+,18+/m1/s1. The second kappa shape index (κ2) is 7.55. The van der Waals surface area contributed by atoms with Crippen molar-refractivity contribution in [2.45, 2.75) is 36.3 Å². The van der Waals surface area contributed by atoms with Gasteiger partial charge in [-0.2, -0.15) is 0 Å². The van der Waals surface area contributed by atoms with E-state index in [1.807, 2.05) is 0 Å². The lowest BCUT2D eigenvalue weighted by atomic mass is 9.69. The van der Waals surface area contributed by atoms with E-state index in [9.17, 15) is 30.0 Å². The summed E-state index contributed by atoms with van der Waals surface area (Å²) in [5, 5.41) is 50.1. The highest BCUT2D eigenvalue weighted by Gasteiger charge is 2.54. The van der Waals surface area contributed by atoms with Crippen LogP contribution in [-0.4, -0.2) is 69.6 Å². The average molecular weight is 443 g/mol. The van der Waals surface area contributed by atoms with Gasteiger partial charge in [0, 0.05) is 11.6 Å². The van der Waals surface area contributed by atoms with E-state index in [1.165, 1.54) is 6.07 Å². The molecule has 0 spiro atoms. The molecule has 0 unspecified atom stereocenters. The number of amides is 3. The van der Waals surface area contributed by atoms with Gasteiger partial charge in [0.15, 0.2) is 11.5 Å². The molecule has 32 heavy (non-hydrogen) atoms. The van der Waals surface area contributed by atoms with Gasteiger partial charge in [0.25, 0.3) is 5.91 Å². The molecule has 0 radical (unpaired) electrons. The lowest BCUT2D eigenvalue weighted by Gasteiger charge is -2.49. The molecular weight excluding hydrogens is 422 g/mol. The normalized spacial score (nSPS) is 30.0. The van der Waals surface area contributed by atoms with Crippen molar-refractivity contribution in [3.8, 4) is 17.2 Å². The molecule has 2 aromatic carbocycles. The minimum atomic E-state index is -1.64. The number of carbonyl (C=O) groups excluding carboxylic acids is 2. The summed E-state index contributed by atoms with van der Waals surface area (Å²) in [5.41, 5.74) is 0.642. The van der Waals surface area contributed by atoms with Gasteiger partial charge in [-0.05, 0) is 23.8 Å². The molecule has 1 saturated carbocycles. The smallest absolute Gasteiger partial charge is 0.319 e. The van der Waals surface area contributed by atoms with Crippen molar-refractivity contribution in [2.24, 2.45) is 0 Å². The van der Waals surface area contributed by atoms with Gasteiger partial charge in [0.05, 0.1) is 17.6 Å². The Balaban J connectivity index is 1.54. The van der Waals surface area contributed by atoms with Crippen LogP contribution in [0.25, 0.3) is 0 Å². The van der Waals surface area contributed by atoms with E-state index >= 15 is 0 Å². The van der Waals surface area contributed by atoms with E-state index in [0.717, 1.165) is 0 Å². The van der Waals surface area contributed by atoms with Gasteiger partial charge in [-0.1, -0.05) is 18.2 Å². The Morgan fingerprint density at radius 3 is 2.56 bits per heavy atom. The van der Waals surface area contributed by atoms with E-state index in [0.29, 0.717) is 5.69 Å². The number of nitrogens with one attached hydrogen (secondary N) is 3. The zero-order chi connectivity index (χ0) is 22.6. The maximum atomic E-state index is 12.7. The Labute approximate surface area is 181 Å². The number of para-hydroxylation sites is 1. The zero-order valence-corrected chi connectivity index (χ0v) is 16.6. The Kier molecular flexibility index (Phi) is 4.81. The van der Waals surface area contributed by atoms with Crippen LogP contribution < -0.4 is 25.4 Å². The number of benzene rings is 2. The highest BCUT2D eigenvalue weighted by Crippen LogP contribution is 2.50. The summed E-state index contributed by atoms with van der Waals surface area (Å²) < 4.78 is 10.6. The van der Waals surface area contributed by atoms with Crippen LogP contribution in [0.15, 0.2) is 36.4 Å². The van der Waals surface area contributed by atoms with Gasteiger partial charge in [0.2, 0.25) is 12.5 Å². The third-order valence-electron chi connectivity index (χ3n) is 6.09. The minimum Gasteiger partial charge on any atom is -0.504 e. The van der Waals surface area contributed by atoms with Crippen molar-refractivity contribution in [3.63, 3.8) is 0 Å². The molecule has 11 heteroatoms. The Bertz CT molecular complexity index is 1080. The van der Waals surface area contributed by atoms with Crippen LogP contribution in [0, 0.1) is 0 Å². The Morgan fingerprint density at radius 2 is 1.81 bits per heavy atom. The van der Waals surface area contributed by atoms with Crippen molar-refractivity contribution in [1.82, 2.24) is 10.6 Å². The maximum Gasteiger partial charge on any atom is 0.319 e. The number of ether oxygens (including phenoxy) is 2. The van der Waals surface area contributed by atoms with Crippen LogP contribution in [0.2, 0.25) is 0 Å². The van der Waals surface area contributed by atoms with Crippen LogP contribution in [0.4, 0.5) is 10.5 Å². The first kappa shape index (κ1) is 20.4. The fraction of sp³-hybridized carbons (Fsp3) is 0.333. The van der Waals surface area contributed by atoms with Gasteiger partial charge >= 0.3 is 6.03 Å². The molecule has 6 atom stereocenters. The van der Waals surface area contributed by atoms with E-state index in [1.54, 1.807) is 30.3 Å². The number of carbonyl (C=O) groups is 2. The average Bonchev–Trinajstić information content (AvgIpc) is 3.25. The molecule has 168 valence electrons. The maximum absolute atomic E-state index is 12.7. The predicted molar refractivity (Wildman–Crippen MR) is 109 cm³/mol. The van der Waals surface area contributed by atoms with Crippen LogP contribution in [0.5, 0.6) is 17.2 Å². The largest absolute Gasteiger partial charge is 0.504 e. The number of phenols is 1. The van der Waals surface area contributed by atoms with E-state index in [-0.39, 0.29) is 29.4 Å². The predicted octanol–water partition coefficient (Wildman–Crippen LogP) is -0.397. The van der Waals surface area contributed by atoms with E-state index in [4.69, 9.17) is 9.47 Å². The summed E-state index contributed by atoms with van der Waals surface area (Å²) in [6.45, 7) is -0.146. The number of hydrogen-bond acceptors (Lipinski definition) is 8. The molecule has 1 aliphatic carbocycles. The number of urea groups is 1.